The van der Waals surface area contributed by atoms with Crippen molar-refractivity contribution in [1.29, 1.82) is 0 Å². The molecular formula is C27H30FN5O2. The van der Waals surface area contributed by atoms with Gasteiger partial charge in [0.1, 0.15) is 5.75 Å². The predicted octanol–water partition coefficient (Wildman–Crippen LogP) is 4.88. The number of nitrogens with zero attached hydrogens (tertiary/aromatic N) is 4. The number of hydrogen-bond donors (Lipinski definition) is 1. The number of hydrogen-bond acceptors (Lipinski definition) is 5. The van der Waals surface area contributed by atoms with E-state index in [2.05, 4.69) is 28.5 Å². The van der Waals surface area contributed by atoms with E-state index in [-0.39, 0.29) is 23.7 Å². The van der Waals surface area contributed by atoms with Crippen LogP contribution in [0.5, 0.6) is 11.6 Å². The van der Waals surface area contributed by atoms with Crippen molar-refractivity contribution in [3.05, 3.63) is 54.2 Å². The lowest BCUT2D eigenvalue weighted by atomic mass is 9.92. The SMILES string of the molecule is C[C@H]1CCc2c(ccc(-c3cnn(C4CCNCC4)c3)c2Oc2cccc(F)n2)N1C(=O)C1CC1. The van der Waals surface area contributed by atoms with Crippen LogP contribution in [0.3, 0.4) is 0 Å². The van der Waals surface area contributed by atoms with Crippen LogP contribution in [0.4, 0.5) is 10.1 Å². The van der Waals surface area contributed by atoms with Crippen LogP contribution in [-0.4, -0.2) is 39.8 Å². The van der Waals surface area contributed by atoms with Crippen LogP contribution in [0.25, 0.3) is 11.1 Å². The Hall–Kier alpha value is -3.26. The van der Waals surface area contributed by atoms with E-state index in [9.17, 15) is 9.18 Å². The minimum absolute atomic E-state index is 0.126. The van der Waals surface area contributed by atoms with Crippen LogP contribution in [0.2, 0.25) is 0 Å². The molecule has 1 atom stereocenters. The largest absolute Gasteiger partial charge is 0.438 e. The van der Waals surface area contributed by atoms with E-state index < -0.39 is 5.95 Å². The molecule has 4 heterocycles. The summed E-state index contributed by atoms with van der Waals surface area (Å²) in [6.45, 7) is 4.08. The molecule has 8 heteroatoms. The van der Waals surface area contributed by atoms with Crippen molar-refractivity contribution in [3.63, 3.8) is 0 Å². The Morgan fingerprint density at radius 2 is 1.94 bits per heavy atom. The van der Waals surface area contributed by atoms with Crippen LogP contribution in [0.15, 0.2) is 42.7 Å². The van der Waals surface area contributed by atoms with E-state index >= 15 is 0 Å². The molecule has 3 aliphatic rings. The number of benzene rings is 1. The molecule has 1 amide bonds. The monoisotopic (exact) mass is 475 g/mol. The fraction of sp³-hybridized carbons (Fsp3) is 0.444. The molecule has 1 saturated carbocycles. The average molecular weight is 476 g/mol. The zero-order valence-electron chi connectivity index (χ0n) is 19.9. The first-order valence-electron chi connectivity index (χ1n) is 12.6. The molecule has 3 aromatic rings. The Balaban J connectivity index is 1.44. The molecule has 2 aromatic heterocycles. The van der Waals surface area contributed by atoms with E-state index in [0.717, 1.165) is 74.0 Å². The smallest absolute Gasteiger partial charge is 0.230 e. The van der Waals surface area contributed by atoms with Gasteiger partial charge in [0.15, 0.2) is 0 Å². The van der Waals surface area contributed by atoms with Gasteiger partial charge in [-0.25, -0.2) is 0 Å². The Bertz CT molecular complexity index is 1250. The summed E-state index contributed by atoms with van der Waals surface area (Å²) >= 11 is 0. The van der Waals surface area contributed by atoms with Crippen molar-refractivity contribution in [2.75, 3.05) is 18.0 Å². The first-order valence-corrected chi connectivity index (χ1v) is 12.6. The number of anilines is 1. The first kappa shape index (κ1) is 22.2. The third-order valence-corrected chi connectivity index (χ3v) is 7.40. The molecule has 2 aliphatic heterocycles. The molecule has 6 rings (SSSR count). The zero-order valence-corrected chi connectivity index (χ0v) is 19.9. The number of aromatic nitrogens is 3. The minimum Gasteiger partial charge on any atom is -0.438 e. The molecule has 182 valence electrons. The molecular weight excluding hydrogens is 445 g/mol. The Morgan fingerprint density at radius 1 is 1.11 bits per heavy atom. The van der Waals surface area contributed by atoms with Gasteiger partial charge in [0.25, 0.3) is 0 Å². The number of amides is 1. The number of fused-ring (bicyclic) bond motifs is 1. The van der Waals surface area contributed by atoms with E-state index in [1.165, 1.54) is 6.07 Å². The summed E-state index contributed by atoms with van der Waals surface area (Å²) in [7, 11) is 0. The van der Waals surface area contributed by atoms with Crippen molar-refractivity contribution < 1.29 is 13.9 Å². The second kappa shape index (κ2) is 9.07. The predicted molar refractivity (Wildman–Crippen MR) is 131 cm³/mol. The second-order valence-electron chi connectivity index (χ2n) is 9.90. The lowest BCUT2D eigenvalue weighted by Gasteiger charge is -2.36. The fourth-order valence-corrected chi connectivity index (χ4v) is 5.31. The lowest BCUT2D eigenvalue weighted by molar-refractivity contribution is -0.120. The highest BCUT2D eigenvalue weighted by Crippen LogP contribution is 2.46. The van der Waals surface area contributed by atoms with Crippen LogP contribution in [-0.2, 0) is 11.2 Å². The highest BCUT2D eigenvalue weighted by atomic mass is 19.1. The molecule has 1 aromatic carbocycles. The number of carbonyl (C=O) groups excluding carboxylic acids is 1. The molecule has 1 aliphatic carbocycles. The molecule has 7 nitrogen and oxygen atoms in total. The highest BCUT2D eigenvalue weighted by Gasteiger charge is 2.39. The summed E-state index contributed by atoms with van der Waals surface area (Å²) in [6, 6.07) is 9.08. The van der Waals surface area contributed by atoms with E-state index in [4.69, 9.17) is 4.74 Å². The number of carbonyl (C=O) groups is 1. The van der Waals surface area contributed by atoms with Gasteiger partial charge in [-0.2, -0.15) is 14.5 Å². The van der Waals surface area contributed by atoms with Gasteiger partial charge in [-0.15, -0.1) is 0 Å². The van der Waals surface area contributed by atoms with Crippen LogP contribution in [0.1, 0.15) is 50.6 Å². The van der Waals surface area contributed by atoms with Gasteiger partial charge in [0, 0.05) is 40.9 Å². The molecule has 0 radical (unpaired) electrons. The highest BCUT2D eigenvalue weighted by molar-refractivity contribution is 5.99. The van der Waals surface area contributed by atoms with Gasteiger partial charge in [0.2, 0.25) is 17.7 Å². The van der Waals surface area contributed by atoms with Crippen LogP contribution < -0.4 is 15.0 Å². The fourth-order valence-electron chi connectivity index (χ4n) is 5.31. The Morgan fingerprint density at radius 3 is 2.71 bits per heavy atom. The summed E-state index contributed by atoms with van der Waals surface area (Å²) < 4.78 is 22.2. The number of ether oxygens (including phenoxy) is 1. The Kier molecular flexibility index (Phi) is 5.76. The number of nitrogens with one attached hydrogen (secondary N) is 1. The molecule has 1 N–H and O–H groups in total. The number of halogens is 1. The van der Waals surface area contributed by atoms with Crippen molar-refractivity contribution in [1.82, 2.24) is 20.1 Å². The van der Waals surface area contributed by atoms with Gasteiger partial charge >= 0.3 is 0 Å². The summed E-state index contributed by atoms with van der Waals surface area (Å²) in [6.07, 6.45) is 9.55. The van der Waals surface area contributed by atoms with Gasteiger partial charge < -0.3 is 15.0 Å². The third-order valence-electron chi connectivity index (χ3n) is 7.40. The normalized spacial score (nSPS) is 20.5. The number of pyridine rings is 1. The van der Waals surface area contributed by atoms with Gasteiger partial charge in [-0.3, -0.25) is 9.48 Å². The van der Waals surface area contributed by atoms with Crippen LogP contribution >= 0.6 is 0 Å². The van der Waals surface area contributed by atoms with E-state index in [1.807, 2.05) is 27.9 Å². The quantitative estimate of drug-likeness (QED) is 0.533. The second-order valence-corrected chi connectivity index (χ2v) is 9.90. The molecule has 1 saturated heterocycles. The Labute approximate surface area is 204 Å². The molecule has 0 unspecified atom stereocenters. The van der Waals surface area contributed by atoms with Crippen molar-refractivity contribution in [2.45, 2.75) is 57.5 Å². The molecule has 0 spiro atoms. The average Bonchev–Trinajstić information content (AvgIpc) is 3.61. The van der Waals surface area contributed by atoms with Gasteiger partial charge in [-0.1, -0.05) is 6.07 Å². The maximum absolute atomic E-state index is 13.9. The molecule has 0 bridgehead atoms. The maximum atomic E-state index is 13.9. The van der Waals surface area contributed by atoms with Gasteiger partial charge in [0.05, 0.1) is 17.9 Å². The topological polar surface area (TPSA) is 72.3 Å². The van der Waals surface area contributed by atoms with Crippen molar-refractivity contribution in [3.8, 4) is 22.8 Å². The molecule has 2 fully saturated rings. The van der Waals surface area contributed by atoms with Gasteiger partial charge in [-0.05, 0) is 76.7 Å². The molecule has 35 heavy (non-hydrogen) atoms. The summed E-state index contributed by atoms with van der Waals surface area (Å²) in [5.41, 5.74) is 3.68. The number of rotatable bonds is 5. The van der Waals surface area contributed by atoms with E-state index in [0.29, 0.717) is 11.8 Å². The van der Waals surface area contributed by atoms with Crippen LogP contribution in [0, 0.1) is 11.9 Å². The first-order chi connectivity index (χ1) is 17.1. The zero-order chi connectivity index (χ0) is 23.9. The van der Waals surface area contributed by atoms with Crippen molar-refractivity contribution >= 4 is 11.6 Å². The standard InChI is InChI=1S/C27H30FN5O2/c1-17-5-8-22-23(33(17)27(34)18-6-7-18)10-9-21(26(22)35-25-4-2-3-24(28)31-25)19-15-30-32(16-19)20-11-13-29-14-12-20/h2-4,9-10,15-18,20,29H,5-8,11-14H2,1H3/t17-/m0/s1. The summed E-state index contributed by atoms with van der Waals surface area (Å²) in [5, 5.41) is 8.07. The van der Waals surface area contributed by atoms with E-state index in [1.54, 1.807) is 12.1 Å². The minimum atomic E-state index is -0.591. The lowest BCUT2D eigenvalue weighted by Crippen LogP contribution is -2.43. The van der Waals surface area contributed by atoms with Crippen molar-refractivity contribution in [2.24, 2.45) is 5.92 Å². The summed E-state index contributed by atoms with van der Waals surface area (Å²) in [5.74, 6) is 0.557. The summed E-state index contributed by atoms with van der Waals surface area (Å²) in [4.78, 5) is 19.1. The number of piperidine rings is 1. The maximum Gasteiger partial charge on any atom is 0.230 e. The third kappa shape index (κ3) is 4.31.